The van der Waals surface area contributed by atoms with E-state index in [-0.39, 0.29) is 18.3 Å². The molecule has 1 aliphatic heterocycles. The number of amides is 1. The summed E-state index contributed by atoms with van der Waals surface area (Å²) in [6.07, 6.45) is 4.64. The van der Waals surface area contributed by atoms with Crippen LogP contribution in [-0.2, 0) is 6.54 Å². The fourth-order valence-corrected chi connectivity index (χ4v) is 2.87. The topological polar surface area (TPSA) is 90.1 Å². The van der Waals surface area contributed by atoms with Crippen molar-refractivity contribution in [1.82, 2.24) is 20.5 Å². The molecule has 0 fully saturated rings. The van der Waals surface area contributed by atoms with Gasteiger partial charge in [-0.2, -0.15) is 0 Å². The number of rotatable bonds is 5. The summed E-state index contributed by atoms with van der Waals surface area (Å²) in [6.45, 7) is 0.155. The first kappa shape index (κ1) is 14.6. The number of carbonyl (C=O) groups excluding carboxylic acids is 1. The van der Waals surface area contributed by atoms with Crippen LogP contribution in [0.3, 0.4) is 0 Å². The molecule has 0 radical (unpaired) electrons. The third kappa shape index (κ3) is 3.11. The monoisotopic (exact) mass is 318 g/mol. The quantitative estimate of drug-likeness (QED) is 0.900. The van der Waals surface area contributed by atoms with Gasteiger partial charge in [-0.25, -0.2) is 4.98 Å². The van der Waals surface area contributed by atoms with Crippen LogP contribution in [0.5, 0.6) is 5.88 Å². The van der Waals surface area contributed by atoms with Gasteiger partial charge in [-0.3, -0.25) is 4.79 Å². The van der Waals surface area contributed by atoms with Gasteiger partial charge in [-0.1, -0.05) is 6.08 Å². The first-order valence-corrected chi connectivity index (χ1v) is 7.69. The minimum Gasteiger partial charge on any atom is -0.480 e. The summed E-state index contributed by atoms with van der Waals surface area (Å²) in [5.41, 5.74) is 0.360. The minimum atomic E-state index is -0.306. The molecule has 0 saturated heterocycles. The molecule has 1 amide bonds. The fraction of sp³-hybridized carbons (Fsp3) is 0.286. The molecule has 1 aliphatic rings. The molecule has 0 atom stereocenters. The van der Waals surface area contributed by atoms with Crippen molar-refractivity contribution < 1.29 is 13.9 Å². The van der Waals surface area contributed by atoms with Crippen molar-refractivity contribution >= 4 is 22.6 Å². The number of nitrogens with one attached hydrogen (secondary N) is 1. The molecule has 0 spiro atoms. The van der Waals surface area contributed by atoms with Crippen LogP contribution in [0, 0.1) is 0 Å². The Morgan fingerprint density at radius 1 is 1.50 bits per heavy atom. The number of allylic oxidation sites excluding steroid dienone is 1. The number of hydrogen-bond acceptors (Lipinski definition) is 7. The lowest BCUT2D eigenvalue weighted by Crippen LogP contribution is -2.23. The van der Waals surface area contributed by atoms with Crippen molar-refractivity contribution in [2.45, 2.75) is 13.0 Å². The number of aromatic nitrogens is 3. The highest BCUT2D eigenvalue weighted by atomic mass is 32.2. The molecule has 22 heavy (non-hydrogen) atoms. The van der Waals surface area contributed by atoms with E-state index in [1.54, 1.807) is 30.1 Å². The van der Waals surface area contributed by atoms with Gasteiger partial charge in [0.05, 0.1) is 18.6 Å². The highest BCUT2D eigenvalue weighted by Crippen LogP contribution is 2.32. The van der Waals surface area contributed by atoms with Crippen molar-refractivity contribution in [3.8, 4) is 5.88 Å². The maximum absolute atomic E-state index is 12.1. The van der Waals surface area contributed by atoms with Gasteiger partial charge in [0.1, 0.15) is 5.56 Å². The molecule has 2 aromatic heterocycles. The largest absolute Gasteiger partial charge is 0.480 e. The Bertz CT molecular complexity index is 714. The Morgan fingerprint density at radius 2 is 2.41 bits per heavy atom. The molecular weight excluding hydrogens is 304 g/mol. The Labute approximate surface area is 131 Å². The lowest BCUT2D eigenvalue weighted by molar-refractivity contribution is 0.0943. The summed E-state index contributed by atoms with van der Waals surface area (Å²) in [7, 11) is 1.47. The minimum absolute atomic E-state index is 0.155. The van der Waals surface area contributed by atoms with Gasteiger partial charge in [0.2, 0.25) is 11.8 Å². The predicted octanol–water partition coefficient (Wildman–Crippen LogP) is 1.88. The second-order valence-electron chi connectivity index (χ2n) is 4.45. The number of carbonyl (C=O) groups is 1. The molecule has 3 heterocycles. The van der Waals surface area contributed by atoms with E-state index in [0.717, 1.165) is 17.1 Å². The maximum Gasteiger partial charge on any atom is 0.257 e. The van der Waals surface area contributed by atoms with E-state index in [0.29, 0.717) is 17.3 Å². The molecule has 0 aromatic carbocycles. The van der Waals surface area contributed by atoms with Gasteiger partial charge in [0.15, 0.2) is 0 Å². The van der Waals surface area contributed by atoms with E-state index < -0.39 is 0 Å². The van der Waals surface area contributed by atoms with Crippen molar-refractivity contribution in [3.05, 3.63) is 41.8 Å². The van der Waals surface area contributed by atoms with Gasteiger partial charge in [-0.05, 0) is 18.6 Å². The number of hydrogen-bond donors (Lipinski definition) is 1. The molecule has 114 valence electrons. The zero-order valence-corrected chi connectivity index (χ0v) is 12.7. The summed E-state index contributed by atoms with van der Waals surface area (Å²) in [5.74, 6) is 1.87. The molecular formula is C14H14N4O3S. The summed E-state index contributed by atoms with van der Waals surface area (Å²) >= 11 is 1.69. The standard InChI is InChI=1S/C14H14N4O3S/c1-20-13-9(4-2-6-15-13)12(19)16-8-11-17-18-14(21-11)10-5-3-7-22-10/h2,4-6H,3,7-8H2,1H3,(H,16,19). The van der Waals surface area contributed by atoms with Crippen molar-refractivity contribution in [1.29, 1.82) is 0 Å². The number of methoxy groups -OCH3 is 1. The van der Waals surface area contributed by atoms with Crippen molar-refractivity contribution in [2.24, 2.45) is 0 Å². The predicted molar refractivity (Wildman–Crippen MR) is 81.3 cm³/mol. The molecule has 2 aromatic rings. The number of nitrogens with zero attached hydrogens (tertiary/aromatic N) is 3. The van der Waals surface area contributed by atoms with E-state index in [9.17, 15) is 4.79 Å². The second-order valence-corrected chi connectivity index (χ2v) is 5.59. The molecule has 8 heteroatoms. The van der Waals surface area contributed by atoms with Gasteiger partial charge in [0, 0.05) is 11.9 Å². The van der Waals surface area contributed by atoms with Gasteiger partial charge in [0.25, 0.3) is 11.8 Å². The molecule has 0 saturated carbocycles. The average molecular weight is 318 g/mol. The summed E-state index contributed by atoms with van der Waals surface area (Å²) in [6, 6.07) is 3.31. The zero-order valence-electron chi connectivity index (χ0n) is 11.9. The summed E-state index contributed by atoms with van der Waals surface area (Å²) < 4.78 is 10.6. The normalized spacial score (nSPS) is 13.8. The first-order chi connectivity index (χ1) is 10.8. The number of thioether (sulfide) groups is 1. The maximum atomic E-state index is 12.1. The van der Waals surface area contributed by atoms with Crippen LogP contribution >= 0.6 is 11.8 Å². The highest BCUT2D eigenvalue weighted by Gasteiger charge is 2.17. The third-order valence-corrected chi connectivity index (χ3v) is 4.08. The number of pyridine rings is 1. The van der Waals surface area contributed by atoms with Gasteiger partial charge >= 0.3 is 0 Å². The van der Waals surface area contributed by atoms with Crippen LogP contribution in [-0.4, -0.2) is 34.0 Å². The molecule has 7 nitrogen and oxygen atoms in total. The SMILES string of the molecule is COc1ncccc1C(=O)NCc1nnc(C2=CCCS2)o1. The zero-order chi connectivity index (χ0) is 15.4. The van der Waals surface area contributed by atoms with Crippen molar-refractivity contribution in [3.63, 3.8) is 0 Å². The second kappa shape index (κ2) is 6.61. The number of ether oxygens (including phenoxy) is 1. The smallest absolute Gasteiger partial charge is 0.257 e. The Morgan fingerprint density at radius 3 is 3.18 bits per heavy atom. The Balaban J connectivity index is 1.64. The summed E-state index contributed by atoms with van der Waals surface area (Å²) in [5, 5.41) is 10.6. The Kier molecular flexibility index (Phi) is 4.38. The molecule has 0 aliphatic carbocycles. The van der Waals surface area contributed by atoms with Gasteiger partial charge in [-0.15, -0.1) is 22.0 Å². The first-order valence-electron chi connectivity index (χ1n) is 6.71. The van der Waals surface area contributed by atoms with Crippen molar-refractivity contribution in [2.75, 3.05) is 12.9 Å². The van der Waals surface area contributed by atoms with Gasteiger partial charge < -0.3 is 14.5 Å². The van der Waals surface area contributed by atoms with E-state index in [1.807, 2.05) is 0 Å². The lowest BCUT2D eigenvalue weighted by atomic mass is 10.2. The molecule has 0 bridgehead atoms. The Hall–Kier alpha value is -2.35. The highest BCUT2D eigenvalue weighted by molar-refractivity contribution is 8.08. The molecule has 0 unspecified atom stereocenters. The molecule has 3 rings (SSSR count). The van der Waals surface area contributed by atoms with E-state index in [1.165, 1.54) is 7.11 Å². The van der Waals surface area contributed by atoms with E-state index in [4.69, 9.17) is 9.15 Å². The van der Waals surface area contributed by atoms with Crippen LogP contribution < -0.4 is 10.1 Å². The van der Waals surface area contributed by atoms with Crippen LogP contribution in [0.1, 0.15) is 28.6 Å². The van der Waals surface area contributed by atoms with E-state index >= 15 is 0 Å². The van der Waals surface area contributed by atoms with Crippen LogP contribution in [0.2, 0.25) is 0 Å². The van der Waals surface area contributed by atoms with Crippen LogP contribution in [0.4, 0.5) is 0 Å². The van der Waals surface area contributed by atoms with Crippen LogP contribution in [0.25, 0.3) is 4.91 Å². The molecule has 1 N–H and O–H groups in total. The van der Waals surface area contributed by atoms with Crippen LogP contribution in [0.15, 0.2) is 28.8 Å². The fourth-order valence-electron chi connectivity index (χ4n) is 1.97. The summed E-state index contributed by atoms with van der Waals surface area (Å²) in [4.78, 5) is 17.1. The average Bonchev–Trinajstić information content (AvgIpc) is 3.23. The lowest BCUT2D eigenvalue weighted by Gasteiger charge is -2.06. The van der Waals surface area contributed by atoms with E-state index in [2.05, 4.69) is 26.6 Å². The third-order valence-electron chi connectivity index (χ3n) is 2.99.